The molecule has 3 rings (SSSR count). The minimum Gasteiger partial charge on any atom is -0.394 e. The van der Waals surface area contributed by atoms with E-state index in [1.165, 1.54) is 12.8 Å². The summed E-state index contributed by atoms with van der Waals surface area (Å²) in [6, 6.07) is -0.958. The number of nitrogens with one attached hydrogen (secondary N) is 1. The summed E-state index contributed by atoms with van der Waals surface area (Å²) in [6.07, 6.45) is -15.2. The smallest absolute Gasteiger partial charge is 0.220 e. The first-order chi connectivity index (χ1) is 25.8. The van der Waals surface area contributed by atoms with Gasteiger partial charge in [-0.1, -0.05) is 58.1 Å². The molecule has 0 aromatic carbocycles. The molecule has 17 atom stereocenters. The summed E-state index contributed by atoms with van der Waals surface area (Å²) in [5.74, 6) is -0.337. The largest absolute Gasteiger partial charge is 0.394 e. The Morgan fingerprint density at radius 1 is 0.648 bits per heavy atom. The number of rotatable bonds is 22. The third-order valence-electron chi connectivity index (χ3n) is 9.81. The van der Waals surface area contributed by atoms with Gasteiger partial charge >= 0.3 is 0 Å². The van der Waals surface area contributed by atoms with Gasteiger partial charge in [-0.15, -0.1) is 0 Å². The zero-order valence-corrected chi connectivity index (χ0v) is 30.9. The van der Waals surface area contributed by atoms with Crippen molar-refractivity contribution in [2.75, 3.05) is 26.4 Å². The first-order valence-corrected chi connectivity index (χ1v) is 18.9. The number of carbonyl (C=O) groups is 1. The molecule has 1 amide bonds. The Kier molecular flexibility index (Phi) is 20.6. The Bertz CT molecular complexity index is 1080. The molecule has 3 aliphatic heterocycles. The zero-order chi connectivity index (χ0) is 39.9. The van der Waals surface area contributed by atoms with Crippen molar-refractivity contribution in [1.82, 2.24) is 5.32 Å². The van der Waals surface area contributed by atoms with Crippen LogP contribution < -0.4 is 5.32 Å². The summed E-state index contributed by atoms with van der Waals surface area (Å²) in [5.41, 5.74) is 0. The van der Waals surface area contributed by atoms with Crippen LogP contribution in [0.25, 0.3) is 0 Å². The van der Waals surface area contributed by atoms with E-state index in [2.05, 4.69) is 12.2 Å². The third kappa shape index (κ3) is 12.8. The highest BCUT2D eigenvalue weighted by Crippen LogP contribution is 2.32. The van der Waals surface area contributed by atoms with Gasteiger partial charge in [-0.05, 0) is 19.3 Å². The molecule has 3 aliphatic rings. The van der Waals surface area contributed by atoms with Gasteiger partial charge in [0.15, 0.2) is 18.9 Å². The standard InChI is InChI=1S/C35H63NO18/c1-3-5-6-7-8-9-10-11-13-19(40)18(36-23(41)12-4-2)17-49-33-29(47)26(44)31(21(15-38)51-33)54-35-30(48)27(45)32(22(16-39)52-35)53-34-28(46)25(43)24(42)20(14-37)50-34/h11,13,18-22,24-35,37-40,42-48H,3-10,12,14-17H2,1-2H3,(H,36,41)/b13-11+. The highest BCUT2D eigenvalue weighted by Gasteiger charge is 2.53. The fourth-order valence-corrected chi connectivity index (χ4v) is 6.52. The van der Waals surface area contributed by atoms with Crippen molar-refractivity contribution >= 4 is 5.91 Å². The number of hydrogen-bond acceptors (Lipinski definition) is 18. The van der Waals surface area contributed by atoms with Gasteiger partial charge < -0.3 is 89.9 Å². The van der Waals surface area contributed by atoms with Gasteiger partial charge in [-0.3, -0.25) is 4.79 Å². The summed E-state index contributed by atoms with van der Waals surface area (Å²) in [5, 5.41) is 118. The van der Waals surface area contributed by atoms with E-state index in [9.17, 15) is 61.0 Å². The van der Waals surface area contributed by atoms with Gasteiger partial charge in [0.05, 0.1) is 38.6 Å². The van der Waals surface area contributed by atoms with Gasteiger partial charge in [-0.25, -0.2) is 0 Å². The van der Waals surface area contributed by atoms with Crippen LogP contribution in [0.1, 0.15) is 71.6 Å². The number of carbonyl (C=O) groups excluding carboxylic acids is 1. The molecule has 12 N–H and O–H groups in total. The molecule has 0 aliphatic carbocycles. The van der Waals surface area contributed by atoms with Crippen LogP contribution >= 0.6 is 0 Å². The van der Waals surface area contributed by atoms with Crippen molar-refractivity contribution in [3.05, 3.63) is 12.2 Å². The first kappa shape index (κ1) is 46.9. The van der Waals surface area contributed by atoms with E-state index >= 15 is 0 Å². The van der Waals surface area contributed by atoms with Gasteiger partial charge in [0.1, 0.15) is 73.2 Å². The highest BCUT2D eigenvalue weighted by molar-refractivity contribution is 5.76. The molecule has 316 valence electrons. The number of aliphatic hydroxyl groups is 11. The lowest BCUT2D eigenvalue weighted by Gasteiger charge is -2.48. The van der Waals surface area contributed by atoms with E-state index < -0.39 is 124 Å². The first-order valence-electron chi connectivity index (χ1n) is 18.9. The summed E-state index contributed by atoms with van der Waals surface area (Å²) >= 11 is 0. The lowest BCUT2D eigenvalue weighted by molar-refractivity contribution is -0.379. The molecule has 0 spiro atoms. The van der Waals surface area contributed by atoms with Gasteiger partial charge in [0.2, 0.25) is 5.91 Å². The Morgan fingerprint density at radius 3 is 1.70 bits per heavy atom. The number of amides is 1. The lowest BCUT2D eigenvalue weighted by atomic mass is 9.96. The Hall–Kier alpha value is -1.47. The maximum Gasteiger partial charge on any atom is 0.220 e. The summed E-state index contributed by atoms with van der Waals surface area (Å²) < 4.78 is 33.5. The second-order valence-electron chi connectivity index (χ2n) is 14.0. The number of hydrogen-bond donors (Lipinski definition) is 12. The molecule has 0 aromatic rings. The molecule has 0 radical (unpaired) electrons. The fraction of sp³-hybridized carbons (Fsp3) is 0.914. The van der Waals surface area contributed by atoms with Crippen LogP contribution in [-0.2, 0) is 33.2 Å². The van der Waals surface area contributed by atoms with E-state index in [1.807, 2.05) is 13.0 Å². The minimum absolute atomic E-state index is 0.194. The van der Waals surface area contributed by atoms with Crippen LogP contribution in [0.2, 0.25) is 0 Å². The number of ether oxygens (including phenoxy) is 6. The predicted octanol–water partition coefficient (Wildman–Crippen LogP) is -3.60. The normalized spacial score (nSPS) is 38.7. The molecule has 0 saturated carbocycles. The predicted molar refractivity (Wildman–Crippen MR) is 185 cm³/mol. The van der Waals surface area contributed by atoms with E-state index in [1.54, 1.807) is 6.08 Å². The molecule has 3 saturated heterocycles. The Labute approximate surface area is 315 Å². The second kappa shape index (κ2) is 23.7. The molecule has 3 fully saturated rings. The lowest BCUT2D eigenvalue weighted by Crippen LogP contribution is -2.66. The van der Waals surface area contributed by atoms with Crippen LogP contribution in [-0.4, -0.2) is 193 Å². The van der Waals surface area contributed by atoms with E-state index in [-0.39, 0.29) is 18.9 Å². The fourth-order valence-electron chi connectivity index (χ4n) is 6.52. The molecular weight excluding hydrogens is 722 g/mol. The Balaban J connectivity index is 1.63. The average molecular weight is 786 g/mol. The molecule has 17 unspecified atom stereocenters. The van der Waals surface area contributed by atoms with Crippen molar-refractivity contribution in [3.63, 3.8) is 0 Å². The summed E-state index contributed by atoms with van der Waals surface area (Å²) in [7, 11) is 0. The molecule has 3 heterocycles. The van der Waals surface area contributed by atoms with E-state index in [4.69, 9.17) is 28.4 Å². The molecular formula is C35H63NO18. The third-order valence-corrected chi connectivity index (χ3v) is 9.81. The van der Waals surface area contributed by atoms with Gasteiger partial charge in [0, 0.05) is 6.42 Å². The Morgan fingerprint density at radius 2 is 1.15 bits per heavy atom. The van der Waals surface area contributed by atoms with Crippen molar-refractivity contribution in [1.29, 1.82) is 0 Å². The van der Waals surface area contributed by atoms with Crippen molar-refractivity contribution in [2.24, 2.45) is 0 Å². The number of unbranched alkanes of at least 4 members (excludes halogenated alkanes) is 6. The summed E-state index contributed by atoms with van der Waals surface area (Å²) in [6.45, 7) is 1.20. The quantitative estimate of drug-likeness (QED) is 0.0373. The molecule has 54 heavy (non-hydrogen) atoms. The minimum atomic E-state index is -1.97. The zero-order valence-electron chi connectivity index (χ0n) is 30.9. The number of allylic oxidation sites excluding steroid dienone is 1. The maximum absolute atomic E-state index is 12.4. The molecule has 19 heteroatoms. The van der Waals surface area contributed by atoms with E-state index in [0.29, 0.717) is 6.42 Å². The van der Waals surface area contributed by atoms with E-state index in [0.717, 1.165) is 32.1 Å². The van der Waals surface area contributed by atoms with Gasteiger partial charge in [-0.2, -0.15) is 0 Å². The van der Waals surface area contributed by atoms with Gasteiger partial charge in [0.25, 0.3) is 0 Å². The van der Waals surface area contributed by atoms with Crippen LogP contribution in [0.5, 0.6) is 0 Å². The average Bonchev–Trinajstić information content (AvgIpc) is 3.16. The monoisotopic (exact) mass is 785 g/mol. The highest BCUT2D eigenvalue weighted by atomic mass is 16.8. The second-order valence-corrected chi connectivity index (χ2v) is 14.0. The number of aliphatic hydroxyl groups excluding tert-OH is 11. The molecule has 0 aromatic heterocycles. The SMILES string of the molecule is CCCCCCCC/C=C/C(O)C(COC1OC(CO)C(OC2OC(CO)C(OC3OC(CO)C(O)C(O)C3O)C(O)C2O)C(O)C1O)NC(=O)CCC. The van der Waals surface area contributed by atoms with Crippen molar-refractivity contribution < 1.29 is 89.4 Å². The van der Waals surface area contributed by atoms with Crippen LogP contribution in [0, 0.1) is 0 Å². The molecule has 19 nitrogen and oxygen atoms in total. The topological polar surface area (TPSA) is 307 Å². The van der Waals surface area contributed by atoms with Crippen LogP contribution in [0.15, 0.2) is 12.2 Å². The maximum atomic E-state index is 12.4. The van der Waals surface area contributed by atoms with Crippen molar-refractivity contribution in [2.45, 2.75) is 176 Å². The molecule has 0 bridgehead atoms. The van der Waals surface area contributed by atoms with Crippen molar-refractivity contribution in [3.8, 4) is 0 Å². The summed E-state index contributed by atoms with van der Waals surface area (Å²) in [4.78, 5) is 12.4. The van der Waals surface area contributed by atoms with Crippen LogP contribution in [0.4, 0.5) is 0 Å². The van der Waals surface area contributed by atoms with Crippen LogP contribution in [0.3, 0.4) is 0 Å².